The summed E-state index contributed by atoms with van der Waals surface area (Å²) >= 11 is 0. The van der Waals surface area contributed by atoms with Crippen molar-refractivity contribution in [1.29, 1.82) is 5.26 Å². The van der Waals surface area contributed by atoms with Gasteiger partial charge in [-0.1, -0.05) is 18.2 Å². The van der Waals surface area contributed by atoms with E-state index in [4.69, 9.17) is 10.5 Å². The Bertz CT molecular complexity index is 1160. The Morgan fingerprint density at radius 3 is 2.41 bits per heavy atom. The molecule has 29 heavy (non-hydrogen) atoms. The minimum atomic E-state index is -0.787. The molecule has 0 saturated heterocycles. The molecule has 0 fully saturated rings. The van der Waals surface area contributed by atoms with Crippen LogP contribution in [0.15, 0.2) is 48.7 Å². The van der Waals surface area contributed by atoms with Gasteiger partial charge in [0.15, 0.2) is 5.69 Å². The molecule has 0 bridgehead atoms. The third-order valence-corrected chi connectivity index (χ3v) is 4.37. The maximum atomic E-state index is 13.9. The fraction of sp³-hybridized carbons (Fsp3) is 0.0952. The van der Waals surface area contributed by atoms with E-state index in [0.29, 0.717) is 16.8 Å². The Labute approximate surface area is 165 Å². The highest BCUT2D eigenvalue weighted by Gasteiger charge is 2.22. The van der Waals surface area contributed by atoms with E-state index in [1.165, 1.54) is 43.2 Å². The molecule has 1 heterocycles. The maximum Gasteiger partial charge on any atom is 0.357 e. The number of benzene rings is 2. The first-order chi connectivity index (χ1) is 13.9. The van der Waals surface area contributed by atoms with Crippen molar-refractivity contribution in [2.75, 3.05) is 20.0 Å². The van der Waals surface area contributed by atoms with Gasteiger partial charge in [0.2, 0.25) is 0 Å². The molecule has 8 heteroatoms. The fourth-order valence-electron chi connectivity index (χ4n) is 2.92. The number of anilines is 1. The highest BCUT2D eigenvalue weighted by atomic mass is 19.1. The van der Waals surface area contributed by atoms with Gasteiger partial charge in [-0.3, -0.25) is 0 Å². The Morgan fingerprint density at radius 2 is 1.76 bits per heavy atom. The fourth-order valence-corrected chi connectivity index (χ4v) is 2.92. The zero-order valence-corrected chi connectivity index (χ0v) is 15.6. The van der Waals surface area contributed by atoms with Crippen LogP contribution in [0.2, 0.25) is 0 Å². The van der Waals surface area contributed by atoms with Crippen molar-refractivity contribution in [3.05, 3.63) is 71.3 Å². The van der Waals surface area contributed by atoms with Crippen molar-refractivity contribution in [3.8, 4) is 22.9 Å². The quantitative estimate of drug-likeness (QED) is 0.682. The number of ether oxygens (including phenoxy) is 2. The van der Waals surface area contributed by atoms with E-state index in [1.807, 2.05) is 6.07 Å². The summed E-state index contributed by atoms with van der Waals surface area (Å²) in [4.78, 5) is 23.9. The number of aromatic nitrogens is 1. The number of halogens is 1. The summed E-state index contributed by atoms with van der Waals surface area (Å²) in [5, 5.41) is 9.25. The molecular weight excluding hydrogens is 377 g/mol. The summed E-state index contributed by atoms with van der Waals surface area (Å²) in [6, 6.07) is 12.9. The van der Waals surface area contributed by atoms with Crippen LogP contribution in [-0.4, -0.2) is 30.7 Å². The lowest BCUT2D eigenvalue weighted by Gasteiger charge is -2.11. The van der Waals surface area contributed by atoms with E-state index in [1.54, 1.807) is 24.3 Å². The smallest absolute Gasteiger partial charge is 0.357 e. The van der Waals surface area contributed by atoms with Crippen LogP contribution >= 0.6 is 0 Å². The first-order valence-corrected chi connectivity index (χ1v) is 8.39. The third-order valence-electron chi connectivity index (χ3n) is 4.37. The zero-order chi connectivity index (χ0) is 21.1. The summed E-state index contributed by atoms with van der Waals surface area (Å²) < 4.78 is 24.8. The number of esters is 2. The zero-order valence-electron chi connectivity index (χ0n) is 15.6. The van der Waals surface area contributed by atoms with Crippen molar-refractivity contribution in [3.63, 3.8) is 0 Å². The van der Waals surface area contributed by atoms with Crippen LogP contribution in [0.25, 0.3) is 16.8 Å². The van der Waals surface area contributed by atoms with E-state index < -0.39 is 17.8 Å². The molecule has 7 nitrogen and oxygen atoms in total. The van der Waals surface area contributed by atoms with Gasteiger partial charge in [-0.2, -0.15) is 5.26 Å². The number of nitrogens with zero attached hydrogens (tertiary/aromatic N) is 2. The summed E-state index contributed by atoms with van der Waals surface area (Å²) in [7, 11) is 2.39. The van der Waals surface area contributed by atoms with Gasteiger partial charge in [0, 0.05) is 11.9 Å². The van der Waals surface area contributed by atoms with Crippen LogP contribution in [0.5, 0.6) is 0 Å². The summed E-state index contributed by atoms with van der Waals surface area (Å²) in [5.41, 5.74) is 7.64. The lowest BCUT2D eigenvalue weighted by Crippen LogP contribution is -2.11. The first-order valence-electron chi connectivity index (χ1n) is 8.39. The van der Waals surface area contributed by atoms with Gasteiger partial charge < -0.3 is 19.8 Å². The van der Waals surface area contributed by atoms with Crippen LogP contribution in [0.3, 0.4) is 0 Å². The normalized spacial score (nSPS) is 10.3. The number of hydrogen-bond donors (Lipinski definition) is 1. The molecule has 0 aliphatic rings. The van der Waals surface area contributed by atoms with Gasteiger partial charge in [-0.25, -0.2) is 14.0 Å². The largest absolute Gasteiger partial charge is 0.465 e. The van der Waals surface area contributed by atoms with Crippen molar-refractivity contribution < 1.29 is 23.5 Å². The maximum absolute atomic E-state index is 13.9. The number of nitrogen functional groups attached to an aromatic ring is 1. The molecule has 0 spiro atoms. The summed E-state index contributed by atoms with van der Waals surface area (Å²) in [6.07, 6.45) is 1.44. The van der Waals surface area contributed by atoms with Gasteiger partial charge in [-0.05, 0) is 35.4 Å². The summed E-state index contributed by atoms with van der Waals surface area (Å²) in [5.74, 6) is -2.17. The van der Waals surface area contributed by atoms with Gasteiger partial charge in [0.05, 0.1) is 31.0 Å². The molecular formula is C21H16FN3O4. The topological polar surface area (TPSA) is 107 Å². The minimum absolute atomic E-state index is 0.0134. The first kappa shape index (κ1) is 19.6. The van der Waals surface area contributed by atoms with Crippen molar-refractivity contribution in [1.82, 2.24) is 4.57 Å². The highest BCUT2D eigenvalue weighted by Crippen LogP contribution is 2.28. The lowest BCUT2D eigenvalue weighted by atomic mass is 10.0. The standard InChI is InChI=1S/C21H16FN3O4/c1-28-20(26)16-9-13(6-7-17(16)22)12-4-3-5-15(8-12)25-11-14(10-23)18(24)19(25)21(27)29-2/h3-9,11H,24H2,1-2H3. The molecule has 0 amide bonds. The second-order valence-corrected chi connectivity index (χ2v) is 6.01. The molecule has 3 aromatic rings. The third kappa shape index (κ3) is 3.53. The van der Waals surface area contributed by atoms with E-state index in [-0.39, 0.29) is 22.5 Å². The van der Waals surface area contributed by atoms with Gasteiger partial charge in [0.25, 0.3) is 0 Å². The van der Waals surface area contributed by atoms with Gasteiger partial charge >= 0.3 is 11.9 Å². The number of carbonyl (C=O) groups is 2. The second-order valence-electron chi connectivity index (χ2n) is 6.01. The van der Waals surface area contributed by atoms with Crippen molar-refractivity contribution in [2.45, 2.75) is 0 Å². The molecule has 2 aromatic carbocycles. The monoisotopic (exact) mass is 393 g/mol. The number of hydrogen-bond acceptors (Lipinski definition) is 6. The van der Waals surface area contributed by atoms with Gasteiger partial charge in [-0.15, -0.1) is 0 Å². The number of carbonyl (C=O) groups excluding carboxylic acids is 2. The average molecular weight is 393 g/mol. The lowest BCUT2D eigenvalue weighted by molar-refractivity contribution is 0.0585. The van der Waals surface area contributed by atoms with Crippen LogP contribution in [0.4, 0.5) is 10.1 Å². The molecule has 0 atom stereocenters. The van der Waals surface area contributed by atoms with E-state index in [9.17, 15) is 19.2 Å². The van der Waals surface area contributed by atoms with Crippen molar-refractivity contribution >= 4 is 17.6 Å². The molecule has 0 aliphatic heterocycles. The highest BCUT2D eigenvalue weighted by molar-refractivity contribution is 5.96. The predicted octanol–water partition coefficient (Wildman–Crippen LogP) is 3.31. The van der Waals surface area contributed by atoms with Crippen LogP contribution < -0.4 is 5.73 Å². The molecule has 3 rings (SSSR count). The van der Waals surface area contributed by atoms with E-state index >= 15 is 0 Å². The Morgan fingerprint density at radius 1 is 1.07 bits per heavy atom. The predicted molar refractivity (Wildman–Crippen MR) is 103 cm³/mol. The van der Waals surface area contributed by atoms with E-state index in [2.05, 4.69) is 4.74 Å². The number of methoxy groups -OCH3 is 2. The average Bonchev–Trinajstić information content (AvgIpc) is 3.09. The number of rotatable bonds is 4. The molecule has 2 N–H and O–H groups in total. The van der Waals surface area contributed by atoms with Crippen LogP contribution in [0.1, 0.15) is 26.4 Å². The van der Waals surface area contributed by atoms with Gasteiger partial charge in [0.1, 0.15) is 11.9 Å². The summed E-state index contributed by atoms with van der Waals surface area (Å²) in [6.45, 7) is 0. The second kappa shape index (κ2) is 7.86. The van der Waals surface area contributed by atoms with E-state index in [0.717, 1.165) is 0 Å². The molecule has 0 aliphatic carbocycles. The number of nitriles is 1. The molecule has 0 radical (unpaired) electrons. The Hall–Kier alpha value is -4.12. The molecule has 1 aromatic heterocycles. The molecule has 0 unspecified atom stereocenters. The van der Waals surface area contributed by atoms with Crippen LogP contribution in [-0.2, 0) is 9.47 Å². The molecule has 0 saturated carbocycles. The molecule has 146 valence electrons. The Balaban J connectivity index is 2.14. The Kier molecular flexibility index (Phi) is 5.32. The van der Waals surface area contributed by atoms with Crippen LogP contribution in [0, 0.1) is 17.1 Å². The SMILES string of the molecule is COC(=O)c1cc(-c2cccc(-n3cc(C#N)c(N)c3C(=O)OC)c2)ccc1F. The van der Waals surface area contributed by atoms with Crippen molar-refractivity contribution in [2.24, 2.45) is 0 Å². The number of nitrogens with two attached hydrogens (primary N) is 1. The minimum Gasteiger partial charge on any atom is -0.465 e.